The first kappa shape index (κ1) is 20.2. The molecule has 1 atom stereocenters. The van der Waals surface area contributed by atoms with E-state index in [0.717, 1.165) is 16.8 Å². The van der Waals surface area contributed by atoms with E-state index in [4.69, 9.17) is 0 Å². The molecule has 0 spiro atoms. The predicted molar refractivity (Wildman–Crippen MR) is 116 cm³/mol. The number of amides is 1. The van der Waals surface area contributed by atoms with E-state index >= 15 is 0 Å². The van der Waals surface area contributed by atoms with Gasteiger partial charge in [0.2, 0.25) is 0 Å². The van der Waals surface area contributed by atoms with Gasteiger partial charge in [-0.25, -0.2) is 8.78 Å². The molecular weight excluding hydrogens is 412 g/mol. The molecule has 6 nitrogen and oxygen atoms in total. The molecule has 1 aliphatic heterocycles. The van der Waals surface area contributed by atoms with Gasteiger partial charge in [0.05, 0.1) is 28.5 Å². The van der Waals surface area contributed by atoms with Gasteiger partial charge in [0.25, 0.3) is 5.91 Å². The average molecular weight is 433 g/mol. The molecule has 32 heavy (non-hydrogen) atoms. The molecule has 3 heterocycles. The minimum Gasteiger partial charge on any atom is -0.330 e. The Labute approximate surface area is 183 Å². The van der Waals surface area contributed by atoms with E-state index in [9.17, 15) is 13.6 Å². The second kappa shape index (κ2) is 7.47. The third-order valence-corrected chi connectivity index (χ3v) is 6.17. The van der Waals surface area contributed by atoms with Crippen molar-refractivity contribution in [1.29, 1.82) is 0 Å². The van der Waals surface area contributed by atoms with E-state index < -0.39 is 11.6 Å². The van der Waals surface area contributed by atoms with E-state index in [1.807, 2.05) is 6.92 Å². The molecule has 8 heteroatoms. The molecule has 0 bridgehead atoms. The molecule has 0 fully saturated rings. The van der Waals surface area contributed by atoms with Gasteiger partial charge in [-0.1, -0.05) is 0 Å². The van der Waals surface area contributed by atoms with Crippen LogP contribution in [0.3, 0.4) is 0 Å². The Morgan fingerprint density at radius 2 is 1.75 bits per heavy atom. The third-order valence-electron chi connectivity index (χ3n) is 6.17. The molecule has 5 rings (SSSR count). The summed E-state index contributed by atoms with van der Waals surface area (Å²) < 4.78 is 30.1. The van der Waals surface area contributed by atoms with Crippen molar-refractivity contribution in [2.24, 2.45) is 7.05 Å². The molecule has 4 aromatic rings. The fourth-order valence-electron chi connectivity index (χ4n) is 4.43. The van der Waals surface area contributed by atoms with Crippen LogP contribution in [0.4, 0.5) is 8.78 Å². The maximum absolute atomic E-state index is 14.2. The summed E-state index contributed by atoms with van der Waals surface area (Å²) >= 11 is 0. The summed E-state index contributed by atoms with van der Waals surface area (Å²) in [5, 5.41) is 4.62. The van der Waals surface area contributed by atoms with Gasteiger partial charge in [0.1, 0.15) is 11.6 Å². The van der Waals surface area contributed by atoms with Crippen LogP contribution in [0.25, 0.3) is 22.3 Å². The Morgan fingerprint density at radius 3 is 2.47 bits per heavy atom. The fraction of sp³-hybridized carbons (Fsp3) is 0.250. The SMILES string of the molecule is Cc1c(F)cc(-c2c3c(nn2C)C(C)N(C(=O)c2ccc4nccnc4c2)CC3)cc1F. The molecule has 2 aromatic carbocycles. The van der Waals surface area contributed by atoms with E-state index in [1.165, 1.54) is 19.1 Å². The van der Waals surface area contributed by atoms with Crippen LogP contribution < -0.4 is 0 Å². The van der Waals surface area contributed by atoms with E-state index in [-0.39, 0.29) is 17.5 Å². The van der Waals surface area contributed by atoms with Crippen molar-refractivity contribution in [3.63, 3.8) is 0 Å². The zero-order valence-corrected chi connectivity index (χ0v) is 17.9. The monoisotopic (exact) mass is 433 g/mol. The zero-order chi connectivity index (χ0) is 22.6. The van der Waals surface area contributed by atoms with Crippen LogP contribution in [0.5, 0.6) is 0 Å². The summed E-state index contributed by atoms with van der Waals surface area (Å²) in [5.41, 5.74) is 4.69. The number of hydrogen-bond donors (Lipinski definition) is 0. The number of halogens is 2. The first-order valence-corrected chi connectivity index (χ1v) is 10.4. The van der Waals surface area contributed by atoms with Crippen molar-refractivity contribution in [3.8, 4) is 11.3 Å². The Bertz CT molecular complexity index is 1360. The van der Waals surface area contributed by atoms with Gasteiger partial charge < -0.3 is 4.90 Å². The first-order valence-electron chi connectivity index (χ1n) is 10.4. The van der Waals surface area contributed by atoms with Gasteiger partial charge in [0.15, 0.2) is 0 Å². The molecule has 0 saturated carbocycles. The first-order chi connectivity index (χ1) is 15.3. The highest BCUT2D eigenvalue weighted by molar-refractivity contribution is 5.97. The van der Waals surface area contributed by atoms with Crippen molar-refractivity contribution in [1.82, 2.24) is 24.6 Å². The van der Waals surface area contributed by atoms with Gasteiger partial charge in [-0.3, -0.25) is 19.4 Å². The fourth-order valence-corrected chi connectivity index (χ4v) is 4.43. The summed E-state index contributed by atoms with van der Waals surface area (Å²) in [6.07, 6.45) is 3.75. The van der Waals surface area contributed by atoms with Crippen molar-refractivity contribution >= 4 is 16.9 Å². The molecule has 1 amide bonds. The Balaban J connectivity index is 1.51. The number of nitrogens with zero attached hydrogens (tertiary/aromatic N) is 5. The van der Waals surface area contributed by atoms with Crippen LogP contribution in [0.1, 0.15) is 40.1 Å². The second-order valence-electron chi connectivity index (χ2n) is 8.09. The number of aryl methyl sites for hydroxylation is 1. The van der Waals surface area contributed by atoms with Crippen LogP contribution in [0, 0.1) is 18.6 Å². The lowest BCUT2D eigenvalue weighted by Gasteiger charge is -2.33. The van der Waals surface area contributed by atoms with Gasteiger partial charge in [-0.15, -0.1) is 0 Å². The largest absolute Gasteiger partial charge is 0.330 e. The van der Waals surface area contributed by atoms with Crippen LogP contribution in [0.2, 0.25) is 0 Å². The number of carbonyl (C=O) groups excluding carboxylic acids is 1. The zero-order valence-electron chi connectivity index (χ0n) is 17.9. The van der Waals surface area contributed by atoms with Crippen LogP contribution in [-0.4, -0.2) is 37.1 Å². The Morgan fingerprint density at radius 1 is 1.06 bits per heavy atom. The molecule has 162 valence electrons. The van der Waals surface area contributed by atoms with E-state index in [2.05, 4.69) is 15.1 Å². The molecule has 2 aromatic heterocycles. The molecule has 0 radical (unpaired) electrons. The Kier molecular flexibility index (Phi) is 4.73. The smallest absolute Gasteiger partial charge is 0.254 e. The molecule has 1 aliphatic rings. The molecule has 0 aliphatic carbocycles. The molecule has 0 N–H and O–H groups in total. The Hall–Kier alpha value is -3.68. The van der Waals surface area contributed by atoms with Crippen molar-refractivity contribution in [2.45, 2.75) is 26.3 Å². The van der Waals surface area contributed by atoms with Crippen molar-refractivity contribution in [3.05, 3.63) is 76.7 Å². The topological polar surface area (TPSA) is 63.9 Å². The van der Waals surface area contributed by atoms with Crippen LogP contribution in [0.15, 0.2) is 42.7 Å². The van der Waals surface area contributed by atoms with Crippen LogP contribution >= 0.6 is 0 Å². The minimum absolute atomic E-state index is 0.00463. The molecular formula is C24H21F2N5O. The lowest BCUT2D eigenvalue weighted by Crippen LogP contribution is -2.38. The lowest BCUT2D eigenvalue weighted by molar-refractivity contribution is 0.0674. The van der Waals surface area contributed by atoms with E-state index in [0.29, 0.717) is 35.3 Å². The standard InChI is InChI=1S/C24H21F2N5O/c1-13-18(25)10-16(11-19(13)26)23-17-6-9-31(14(2)22(17)29-30(23)3)24(32)15-4-5-20-21(12-15)28-8-7-27-20/h4-5,7-8,10-12,14H,6,9H2,1-3H3. The summed E-state index contributed by atoms with van der Waals surface area (Å²) in [5.74, 6) is -1.29. The maximum atomic E-state index is 14.2. The number of rotatable bonds is 2. The normalized spacial score (nSPS) is 15.8. The van der Waals surface area contributed by atoms with Gasteiger partial charge in [0, 0.05) is 48.2 Å². The van der Waals surface area contributed by atoms with E-state index in [1.54, 1.807) is 47.2 Å². The van der Waals surface area contributed by atoms with Gasteiger partial charge in [-0.2, -0.15) is 5.10 Å². The maximum Gasteiger partial charge on any atom is 0.254 e. The third kappa shape index (κ3) is 3.14. The summed E-state index contributed by atoms with van der Waals surface area (Å²) in [4.78, 5) is 23.6. The highest BCUT2D eigenvalue weighted by Gasteiger charge is 2.33. The van der Waals surface area contributed by atoms with Crippen LogP contribution in [-0.2, 0) is 13.5 Å². The van der Waals surface area contributed by atoms with Crippen molar-refractivity contribution in [2.75, 3.05) is 6.54 Å². The van der Waals surface area contributed by atoms with Gasteiger partial charge >= 0.3 is 0 Å². The summed E-state index contributed by atoms with van der Waals surface area (Å²) in [6, 6.07) is 7.68. The number of hydrogen-bond acceptors (Lipinski definition) is 4. The quantitative estimate of drug-likeness (QED) is 0.471. The number of carbonyl (C=O) groups is 1. The summed E-state index contributed by atoms with van der Waals surface area (Å²) in [7, 11) is 1.75. The average Bonchev–Trinajstić information content (AvgIpc) is 3.13. The second-order valence-corrected chi connectivity index (χ2v) is 8.09. The molecule has 1 unspecified atom stereocenters. The molecule has 0 saturated heterocycles. The highest BCUT2D eigenvalue weighted by atomic mass is 19.1. The van der Waals surface area contributed by atoms with Gasteiger partial charge in [-0.05, 0) is 50.6 Å². The number of aromatic nitrogens is 4. The number of benzene rings is 2. The highest BCUT2D eigenvalue weighted by Crippen LogP contribution is 2.37. The predicted octanol–water partition coefficient (Wildman–Crippen LogP) is 4.38. The number of fused-ring (bicyclic) bond motifs is 2. The lowest BCUT2D eigenvalue weighted by atomic mass is 9.94. The van der Waals surface area contributed by atoms with Crippen molar-refractivity contribution < 1.29 is 13.6 Å². The summed E-state index contributed by atoms with van der Waals surface area (Å²) in [6.45, 7) is 3.81. The minimum atomic E-state index is -0.588.